The van der Waals surface area contributed by atoms with Crippen molar-refractivity contribution in [1.82, 2.24) is 15.1 Å². The fraction of sp³-hybridized carbons (Fsp3) is 0.667. The second-order valence-corrected chi connectivity index (χ2v) is 7.97. The van der Waals surface area contributed by atoms with Crippen molar-refractivity contribution in [3.05, 3.63) is 35.6 Å². The molecule has 1 aliphatic carbocycles. The Balaban J connectivity index is 0.00000225. The number of guanidine groups is 1. The maximum Gasteiger partial charge on any atom is 0.193 e. The molecule has 156 valence electrons. The lowest BCUT2D eigenvalue weighted by Crippen LogP contribution is -2.46. The third-order valence-electron chi connectivity index (χ3n) is 6.19. The van der Waals surface area contributed by atoms with Crippen LogP contribution in [-0.2, 0) is 10.2 Å². The van der Waals surface area contributed by atoms with Crippen LogP contribution < -0.4 is 5.32 Å². The minimum Gasteiger partial charge on any atom is -0.379 e. The number of hydrogen-bond acceptors (Lipinski definition) is 3. The van der Waals surface area contributed by atoms with E-state index in [2.05, 4.69) is 22.0 Å². The van der Waals surface area contributed by atoms with Crippen molar-refractivity contribution in [2.75, 3.05) is 52.5 Å². The lowest BCUT2D eigenvalue weighted by molar-refractivity contribution is 0.0195. The second-order valence-electron chi connectivity index (χ2n) is 7.97. The molecule has 1 aromatic carbocycles. The van der Waals surface area contributed by atoms with Gasteiger partial charge in [-0.25, -0.2) is 4.39 Å². The Morgan fingerprint density at radius 3 is 2.68 bits per heavy atom. The van der Waals surface area contributed by atoms with Gasteiger partial charge in [0.05, 0.1) is 19.8 Å². The van der Waals surface area contributed by atoms with Crippen LogP contribution >= 0.6 is 24.0 Å². The smallest absolute Gasteiger partial charge is 0.193 e. The Bertz CT molecular complexity index is 676. The zero-order chi connectivity index (χ0) is 18.7. The Hall–Kier alpha value is -0.930. The van der Waals surface area contributed by atoms with E-state index in [0.29, 0.717) is 12.6 Å². The summed E-state index contributed by atoms with van der Waals surface area (Å²) in [5.41, 5.74) is 0.729. The van der Waals surface area contributed by atoms with Gasteiger partial charge in [-0.05, 0) is 37.8 Å². The van der Waals surface area contributed by atoms with Gasteiger partial charge in [0.25, 0.3) is 0 Å². The van der Waals surface area contributed by atoms with Crippen LogP contribution in [0.4, 0.5) is 4.39 Å². The summed E-state index contributed by atoms with van der Waals surface area (Å²) in [5, 5.41) is 3.45. The molecule has 3 fully saturated rings. The molecule has 1 unspecified atom stereocenters. The molecule has 0 aromatic heterocycles. The number of rotatable bonds is 5. The molecule has 2 saturated heterocycles. The van der Waals surface area contributed by atoms with E-state index in [4.69, 9.17) is 9.73 Å². The van der Waals surface area contributed by atoms with Gasteiger partial charge in [-0.15, -0.1) is 24.0 Å². The molecule has 28 heavy (non-hydrogen) atoms. The minimum atomic E-state index is -0.102. The molecule has 0 amide bonds. The van der Waals surface area contributed by atoms with Crippen molar-refractivity contribution in [2.24, 2.45) is 4.99 Å². The fourth-order valence-corrected chi connectivity index (χ4v) is 4.38. The first-order chi connectivity index (χ1) is 13.2. The molecular weight excluding hydrogens is 470 g/mol. The highest BCUT2D eigenvalue weighted by Gasteiger charge is 2.46. The third kappa shape index (κ3) is 4.79. The molecule has 5 nitrogen and oxygen atoms in total. The molecule has 0 bridgehead atoms. The topological polar surface area (TPSA) is 40.1 Å². The quantitative estimate of drug-likeness (QED) is 0.382. The van der Waals surface area contributed by atoms with Crippen molar-refractivity contribution < 1.29 is 9.13 Å². The standard InChI is InChI=1S/C21H31FN4O.HI/c1-2-23-20(26-10-7-17(15-26)25-11-13-27-14-12-25)24-16-21(8-9-21)18-5-3-4-6-19(18)22;/h3-6,17H,2,7-16H2,1H3,(H,23,24);1H. The van der Waals surface area contributed by atoms with Crippen LogP contribution in [0.2, 0.25) is 0 Å². The third-order valence-corrected chi connectivity index (χ3v) is 6.19. The lowest BCUT2D eigenvalue weighted by Gasteiger charge is -2.32. The van der Waals surface area contributed by atoms with Gasteiger partial charge in [0.15, 0.2) is 5.96 Å². The molecule has 2 heterocycles. The minimum absolute atomic E-state index is 0. The van der Waals surface area contributed by atoms with Gasteiger partial charge < -0.3 is 15.0 Å². The van der Waals surface area contributed by atoms with Crippen molar-refractivity contribution in [2.45, 2.75) is 37.6 Å². The highest BCUT2D eigenvalue weighted by molar-refractivity contribution is 14.0. The zero-order valence-electron chi connectivity index (χ0n) is 16.7. The number of nitrogens with zero attached hydrogens (tertiary/aromatic N) is 3. The number of ether oxygens (including phenoxy) is 1. The summed E-state index contributed by atoms with van der Waals surface area (Å²) in [7, 11) is 0. The highest BCUT2D eigenvalue weighted by Crippen LogP contribution is 2.49. The maximum atomic E-state index is 14.3. The fourth-order valence-electron chi connectivity index (χ4n) is 4.38. The second kappa shape index (κ2) is 9.71. The van der Waals surface area contributed by atoms with Crippen molar-refractivity contribution in [1.29, 1.82) is 0 Å². The summed E-state index contributed by atoms with van der Waals surface area (Å²) in [6.07, 6.45) is 3.21. The average molecular weight is 502 g/mol. The van der Waals surface area contributed by atoms with E-state index in [9.17, 15) is 4.39 Å². The Kier molecular flexibility index (Phi) is 7.55. The highest BCUT2D eigenvalue weighted by atomic mass is 127. The van der Waals surface area contributed by atoms with Crippen molar-refractivity contribution >= 4 is 29.9 Å². The van der Waals surface area contributed by atoms with Crippen LogP contribution in [-0.4, -0.2) is 74.3 Å². The van der Waals surface area contributed by atoms with E-state index < -0.39 is 0 Å². The number of morpholine rings is 1. The monoisotopic (exact) mass is 502 g/mol. The van der Waals surface area contributed by atoms with Crippen LogP contribution in [0.5, 0.6) is 0 Å². The molecule has 0 spiro atoms. The van der Waals surface area contributed by atoms with Gasteiger partial charge in [-0.3, -0.25) is 9.89 Å². The van der Waals surface area contributed by atoms with Gasteiger partial charge in [0.2, 0.25) is 0 Å². The SMILES string of the molecule is CCNC(=NCC1(c2ccccc2F)CC1)N1CCC(N2CCOCC2)C1.I. The molecule has 1 N–H and O–H groups in total. The van der Waals surface area contributed by atoms with E-state index in [0.717, 1.165) is 70.3 Å². The van der Waals surface area contributed by atoms with Crippen LogP contribution in [0.15, 0.2) is 29.3 Å². The normalized spacial score (nSPS) is 24.7. The van der Waals surface area contributed by atoms with Gasteiger partial charge in [0, 0.05) is 44.2 Å². The number of halogens is 2. The Labute approximate surface area is 184 Å². The maximum absolute atomic E-state index is 14.3. The molecule has 4 rings (SSSR count). The summed E-state index contributed by atoms with van der Waals surface area (Å²) in [6, 6.07) is 7.77. The summed E-state index contributed by atoms with van der Waals surface area (Å²) in [5.74, 6) is 0.889. The van der Waals surface area contributed by atoms with E-state index in [-0.39, 0.29) is 35.2 Å². The van der Waals surface area contributed by atoms with Gasteiger partial charge in [-0.1, -0.05) is 18.2 Å². The molecule has 1 atom stereocenters. The van der Waals surface area contributed by atoms with Gasteiger partial charge in [0.1, 0.15) is 5.82 Å². The Morgan fingerprint density at radius 2 is 2.00 bits per heavy atom. The van der Waals surface area contributed by atoms with Gasteiger partial charge in [-0.2, -0.15) is 0 Å². The number of likely N-dealkylation sites (tertiary alicyclic amines) is 1. The molecule has 1 aromatic rings. The van der Waals surface area contributed by atoms with Crippen LogP contribution in [0, 0.1) is 5.82 Å². The predicted molar refractivity (Wildman–Crippen MR) is 121 cm³/mol. The lowest BCUT2D eigenvalue weighted by atomic mass is 9.95. The van der Waals surface area contributed by atoms with E-state index in [1.807, 2.05) is 12.1 Å². The van der Waals surface area contributed by atoms with Crippen LogP contribution in [0.25, 0.3) is 0 Å². The van der Waals surface area contributed by atoms with E-state index in [1.165, 1.54) is 6.42 Å². The number of hydrogen-bond donors (Lipinski definition) is 1. The van der Waals surface area contributed by atoms with Crippen molar-refractivity contribution in [3.8, 4) is 0 Å². The summed E-state index contributed by atoms with van der Waals surface area (Å²) >= 11 is 0. The molecule has 1 saturated carbocycles. The van der Waals surface area contributed by atoms with Crippen LogP contribution in [0.1, 0.15) is 31.7 Å². The molecular formula is C21H32FIN4O. The zero-order valence-corrected chi connectivity index (χ0v) is 19.0. The van der Waals surface area contributed by atoms with E-state index >= 15 is 0 Å². The van der Waals surface area contributed by atoms with Gasteiger partial charge >= 0.3 is 0 Å². The first-order valence-corrected chi connectivity index (χ1v) is 10.3. The molecule has 0 radical (unpaired) electrons. The summed E-state index contributed by atoms with van der Waals surface area (Å²) in [4.78, 5) is 9.87. The molecule has 7 heteroatoms. The summed E-state index contributed by atoms with van der Waals surface area (Å²) < 4.78 is 19.8. The Morgan fingerprint density at radius 1 is 1.25 bits per heavy atom. The summed E-state index contributed by atoms with van der Waals surface area (Å²) in [6.45, 7) is 9.41. The van der Waals surface area contributed by atoms with E-state index in [1.54, 1.807) is 12.1 Å². The number of aliphatic imine (C=N–C) groups is 1. The largest absolute Gasteiger partial charge is 0.379 e. The predicted octanol–water partition coefficient (Wildman–Crippen LogP) is 2.85. The average Bonchev–Trinajstić information content (AvgIpc) is 3.32. The molecule has 2 aliphatic heterocycles. The molecule has 3 aliphatic rings. The first kappa shape index (κ1) is 21.8. The number of benzene rings is 1. The van der Waals surface area contributed by atoms with Crippen LogP contribution in [0.3, 0.4) is 0 Å². The number of nitrogens with one attached hydrogen (secondary N) is 1. The van der Waals surface area contributed by atoms with Crippen molar-refractivity contribution in [3.63, 3.8) is 0 Å². The first-order valence-electron chi connectivity index (χ1n) is 10.3.